The van der Waals surface area contributed by atoms with Crippen LogP contribution in [-0.4, -0.2) is 43.3 Å². The fourth-order valence-corrected chi connectivity index (χ4v) is 5.48. The molecule has 0 spiro atoms. The third-order valence-electron chi connectivity index (χ3n) is 5.86. The molecule has 0 saturated carbocycles. The van der Waals surface area contributed by atoms with Crippen molar-refractivity contribution in [3.63, 3.8) is 0 Å². The zero-order valence-electron chi connectivity index (χ0n) is 22.3. The van der Waals surface area contributed by atoms with E-state index in [-0.39, 0.29) is 17.3 Å². The van der Waals surface area contributed by atoms with Crippen molar-refractivity contribution in [3.05, 3.63) is 94.5 Å². The van der Waals surface area contributed by atoms with Crippen molar-refractivity contribution in [1.29, 1.82) is 0 Å². The molecule has 3 aromatic carbocycles. The summed E-state index contributed by atoms with van der Waals surface area (Å²) in [5, 5.41) is 2.92. The van der Waals surface area contributed by atoms with E-state index in [4.69, 9.17) is 0 Å². The third-order valence-corrected chi connectivity index (χ3v) is 8.18. The summed E-state index contributed by atoms with van der Waals surface area (Å²) in [7, 11) is -4.07. The molecular weight excluding hydrogens is 566 g/mol. The molecule has 1 N–H and O–H groups in total. The Bertz CT molecular complexity index is 1350. The van der Waals surface area contributed by atoms with Gasteiger partial charge in [-0.3, -0.25) is 13.9 Å². The van der Waals surface area contributed by atoms with Crippen LogP contribution in [0.4, 0.5) is 5.69 Å². The molecule has 9 heteroatoms. The maximum Gasteiger partial charge on any atom is 0.264 e. The van der Waals surface area contributed by atoms with Crippen molar-refractivity contribution in [3.8, 4) is 0 Å². The molecule has 1 atom stereocenters. The highest BCUT2D eigenvalue weighted by Crippen LogP contribution is 2.25. The number of nitrogens with zero attached hydrogens (tertiary/aromatic N) is 2. The predicted octanol–water partition coefficient (Wildman–Crippen LogP) is 5.28. The molecule has 0 aromatic heterocycles. The number of aryl methyl sites for hydroxylation is 1. The quantitative estimate of drug-likeness (QED) is 0.362. The van der Waals surface area contributed by atoms with Crippen LogP contribution in [0.25, 0.3) is 0 Å². The fourth-order valence-electron chi connectivity index (χ4n) is 3.80. The van der Waals surface area contributed by atoms with Gasteiger partial charge in [0.15, 0.2) is 0 Å². The Balaban J connectivity index is 2.00. The number of benzene rings is 3. The standard InChI is InChI=1S/C29H34BrN3O4S/c1-21-11-17-26(18-12-21)38(36,37)33(25-9-7-6-8-10-25)20-27(34)32(19-23-13-15-24(30)16-14-23)22(2)28(35)31-29(3,4)5/h6-18,22H,19-20H2,1-5H3,(H,31,35). The zero-order chi connectivity index (χ0) is 28.1. The van der Waals surface area contributed by atoms with Crippen LogP contribution in [0.15, 0.2) is 88.2 Å². The predicted molar refractivity (Wildman–Crippen MR) is 154 cm³/mol. The second kappa shape index (κ2) is 12.1. The number of carbonyl (C=O) groups is 2. The summed E-state index contributed by atoms with van der Waals surface area (Å²) in [6.45, 7) is 8.79. The Kier molecular flexibility index (Phi) is 9.38. The van der Waals surface area contributed by atoms with E-state index < -0.39 is 34.1 Å². The highest BCUT2D eigenvalue weighted by atomic mass is 79.9. The Morgan fingerprint density at radius 1 is 0.921 bits per heavy atom. The van der Waals surface area contributed by atoms with Crippen molar-refractivity contribution in [1.82, 2.24) is 10.2 Å². The molecule has 0 fully saturated rings. The van der Waals surface area contributed by atoms with Crippen LogP contribution in [-0.2, 0) is 26.2 Å². The number of amides is 2. The lowest BCUT2D eigenvalue weighted by atomic mass is 10.1. The molecule has 0 radical (unpaired) electrons. The van der Waals surface area contributed by atoms with Gasteiger partial charge in [-0.15, -0.1) is 0 Å². The molecule has 1 unspecified atom stereocenters. The van der Waals surface area contributed by atoms with Crippen molar-refractivity contribution >= 4 is 43.5 Å². The van der Waals surface area contributed by atoms with Crippen molar-refractivity contribution in [2.75, 3.05) is 10.8 Å². The highest BCUT2D eigenvalue weighted by molar-refractivity contribution is 9.10. The first-order valence-electron chi connectivity index (χ1n) is 12.3. The first-order valence-corrected chi connectivity index (χ1v) is 14.5. The van der Waals surface area contributed by atoms with Gasteiger partial charge in [0.25, 0.3) is 10.0 Å². The van der Waals surface area contributed by atoms with Crippen molar-refractivity contribution in [2.24, 2.45) is 0 Å². The van der Waals surface area contributed by atoms with E-state index in [9.17, 15) is 18.0 Å². The minimum atomic E-state index is -4.07. The average molecular weight is 601 g/mol. The van der Waals surface area contributed by atoms with E-state index >= 15 is 0 Å². The number of hydrogen-bond acceptors (Lipinski definition) is 4. The number of sulfonamides is 1. The molecule has 38 heavy (non-hydrogen) atoms. The Hall–Kier alpha value is -3.17. The molecule has 3 rings (SSSR count). The van der Waals surface area contributed by atoms with Gasteiger partial charge in [0.05, 0.1) is 10.6 Å². The largest absolute Gasteiger partial charge is 0.350 e. The normalized spacial score (nSPS) is 12.5. The molecule has 0 heterocycles. The van der Waals surface area contributed by atoms with E-state index in [1.165, 1.54) is 17.0 Å². The zero-order valence-corrected chi connectivity index (χ0v) is 24.7. The summed E-state index contributed by atoms with van der Waals surface area (Å²) in [6.07, 6.45) is 0. The lowest BCUT2D eigenvalue weighted by Gasteiger charge is -2.33. The molecule has 0 aliphatic heterocycles. The number of halogens is 1. The van der Waals surface area contributed by atoms with Crippen LogP contribution in [0.5, 0.6) is 0 Å². The molecular formula is C29H34BrN3O4S. The Morgan fingerprint density at radius 2 is 1.50 bits per heavy atom. The van der Waals surface area contributed by atoms with Crippen LogP contribution in [0.2, 0.25) is 0 Å². The smallest absolute Gasteiger partial charge is 0.264 e. The van der Waals surface area contributed by atoms with Crippen LogP contribution in [0.3, 0.4) is 0 Å². The summed E-state index contributed by atoms with van der Waals surface area (Å²) in [5.41, 5.74) is 1.59. The maximum atomic E-state index is 13.9. The van der Waals surface area contributed by atoms with E-state index in [2.05, 4.69) is 21.2 Å². The molecule has 3 aromatic rings. The lowest BCUT2D eigenvalue weighted by Crippen LogP contribution is -2.54. The second-order valence-corrected chi connectivity index (χ2v) is 13.0. The van der Waals surface area contributed by atoms with Gasteiger partial charge in [-0.05, 0) is 76.6 Å². The third kappa shape index (κ3) is 7.68. The molecule has 0 aliphatic rings. The fraction of sp³-hybridized carbons (Fsp3) is 0.310. The highest BCUT2D eigenvalue weighted by Gasteiger charge is 2.33. The molecule has 0 aliphatic carbocycles. The number of nitrogens with one attached hydrogen (secondary N) is 1. The molecule has 202 valence electrons. The van der Waals surface area contributed by atoms with Crippen LogP contribution in [0, 0.1) is 6.92 Å². The van der Waals surface area contributed by atoms with E-state index in [1.807, 2.05) is 52.0 Å². The van der Waals surface area contributed by atoms with Gasteiger partial charge in [-0.1, -0.05) is 64.0 Å². The summed E-state index contributed by atoms with van der Waals surface area (Å²) in [4.78, 5) is 28.5. The molecule has 0 saturated heterocycles. The van der Waals surface area contributed by atoms with Gasteiger partial charge in [0.1, 0.15) is 12.6 Å². The lowest BCUT2D eigenvalue weighted by molar-refractivity contribution is -0.140. The van der Waals surface area contributed by atoms with E-state index in [0.29, 0.717) is 5.69 Å². The van der Waals surface area contributed by atoms with Gasteiger partial charge < -0.3 is 10.2 Å². The van der Waals surface area contributed by atoms with Gasteiger partial charge in [-0.25, -0.2) is 8.42 Å². The second-order valence-electron chi connectivity index (χ2n) is 10.2. The summed E-state index contributed by atoms with van der Waals surface area (Å²) < 4.78 is 29.5. The average Bonchev–Trinajstić information content (AvgIpc) is 2.86. The summed E-state index contributed by atoms with van der Waals surface area (Å²) in [6, 6.07) is 21.6. The van der Waals surface area contributed by atoms with Gasteiger partial charge in [0, 0.05) is 16.6 Å². The number of rotatable bonds is 9. The van der Waals surface area contributed by atoms with Gasteiger partial charge in [0.2, 0.25) is 11.8 Å². The van der Waals surface area contributed by atoms with Crippen molar-refractivity contribution in [2.45, 2.75) is 57.6 Å². The topological polar surface area (TPSA) is 86.8 Å². The van der Waals surface area contributed by atoms with Gasteiger partial charge in [-0.2, -0.15) is 0 Å². The van der Waals surface area contributed by atoms with Crippen molar-refractivity contribution < 1.29 is 18.0 Å². The van der Waals surface area contributed by atoms with E-state index in [0.717, 1.165) is 19.9 Å². The summed E-state index contributed by atoms with van der Waals surface area (Å²) >= 11 is 3.41. The Labute approximate surface area is 234 Å². The summed E-state index contributed by atoms with van der Waals surface area (Å²) in [5.74, 6) is -0.820. The van der Waals surface area contributed by atoms with Crippen LogP contribution >= 0.6 is 15.9 Å². The molecule has 7 nitrogen and oxygen atoms in total. The van der Waals surface area contributed by atoms with Gasteiger partial charge >= 0.3 is 0 Å². The monoisotopic (exact) mass is 599 g/mol. The maximum absolute atomic E-state index is 13.9. The molecule has 2 amide bonds. The SMILES string of the molecule is Cc1ccc(S(=O)(=O)N(CC(=O)N(Cc2ccc(Br)cc2)C(C)C(=O)NC(C)(C)C)c2ccccc2)cc1. The number of carbonyl (C=O) groups excluding carboxylic acids is 2. The molecule has 0 bridgehead atoms. The van der Waals surface area contributed by atoms with Crippen LogP contribution < -0.4 is 9.62 Å². The number of para-hydroxylation sites is 1. The van der Waals surface area contributed by atoms with Crippen LogP contribution in [0.1, 0.15) is 38.8 Å². The number of hydrogen-bond donors (Lipinski definition) is 1. The number of anilines is 1. The minimum absolute atomic E-state index is 0.0812. The first-order chi connectivity index (χ1) is 17.8. The first kappa shape index (κ1) is 29.4. The Morgan fingerprint density at radius 3 is 2.05 bits per heavy atom. The minimum Gasteiger partial charge on any atom is -0.350 e. The van der Waals surface area contributed by atoms with E-state index in [1.54, 1.807) is 49.4 Å².